The second-order valence-corrected chi connectivity index (χ2v) is 9.58. The number of hydrogen-bond donors (Lipinski definition) is 2. The van der Waals surface area contributed by atoms with Gasteiger partial charge >= 0.3 is 7.60 Å². The van der Waals surface area contributed by atoms with Crippen molar-refractivity contribution >= 4 is 36.2 Å². The molecule has 5 heteroatoms. The van der Waals surface area contributed by atoms with Crippen LogP contribution in [-0.4, -0.2) is 15.9 Å². The quantitative estimate of drug-likeness (QED) is 0.380. The summed E-state index contributed by atoms with van der Waals surface area (Å²) < 4.78 is 11.1. The Morgan fingerprint density at radius 3 is 2.55 bits per heavy atom. The van der Waals surface area contributed by atoms with E-state index in [1.807, 2.05) is 6.07 Å². The number of allylic oxidation sites excluding steroid dienone is 1. The third kappa shape index (κ3) is 3.38. The first kappa shape index (κ1) is 18.5. The van der Waals surface area contributed by atoms with Gasteiger partial charge in [0.25, 0.3) is 0 Å². The van der Waals surface area contributed by atoms with Gasteiger partial charge in [-0.15, -0.1) is 0 Å². The fraction of sp³-hybridized carbons (Fsp3) is 0.208. The fourth-order valence-electron chi connectivity index (χ4n) is 4.48. The molecule has 0 radical (unpaired) electrons. The van der Waals surface area contributed by atoms with Gasteiger partial charge < -0.3 is 9.79 Å². The molecule has 0 fully saturated rings. The zero-order chi connectivity index (χ0) is 20.0. The van der Waals surface area contributed by atoms with Crippen molar-refractivity contribution in [3.8, 4) is 11.1 Å². The molecule has 0 bridgehead atoms. The molecule has 1 aliphatic heterocycles. The molecule has 1 unspecified atom stereocenters. The standard InChI is InChI=1S/C24H22NO3P/c26-29(27,28)14-6-5-7-16-12-13-18-17-8-1-2-9-19(17)23-20-10-3-4-11-22(20)25-24(23)21(18)15-16/h1-4,8-13,15-16H,5-7,14H2,(H2,26,27,28). The van der Waals surface area contributed by atoms with E-state index in [0.717, 1.165) is 23.9 Å². The Balaban J connectivity index is 1.60. The lowest BCUT2D eigenvalue weighted by molar-refractivity contribution is 0.370. The van der Waals surface area contributed by atoms with E-state index in [9.17, 15) is 4.57 Å². The third-order valence-electron chi connectivity index (χ3n) is 5.80. The van der Waals surface area contributed by atoms with Crippen molar-refractivity contribution in [3.63, 3.8) is 0 Å². The molecule has 29 heavy (non-hydrogen) atoms. The van der Waals surface area contributed by atoms with Crippen LogP contribution in [0.1, 0.15) is 24.8 Å². The molecule has 1 heterocycles. The molecule has 3 aromatic rings. The first-order valence-electron chi connectivity index (χ1n) is 9.99. The van der Waals surface area contributed by atoms with E-state index in [0.29, 0.717) is 6.42 Å². The molecule has 0 saturated carbocycles. The largest absolute Gasteiger partial charge is 0.325 e. The molecule has 0 amide bonds. The van der Waals surface area contributed by atoms with Crippen LogP contribution in [-0.2, 0) is 4.57 Å². The first-order chi connectivity index (χ1) is 14.0. The smallest absolute Gasteiger partial charge is 0.324 e. The van der Waals surface area contributed by atoms with Gasteiger partial charge in [0, 0.05) is 22.5 Å². The summed E-state index contributed by atoms with van der Waals surface area (Å²) in [7, 11) is -3.90. The van der Waals surface area contributed by atoms with E-state index < -0.39 is 7.60 Å². The second-order valence-electron chi connectivity index (χ2n) is 7.80. The van der Waals surface area contributed by atoms with Crippen molar-refractivity contribution in [1.29, 1.82) is 0 Å². The second kappa shape index (κ2) is 7.07. The lowest BCUT2D eigenvalue weighted by Gasteiger charge is -2.16. The van der Waals surface area contributed by atoms with Crippen molar-refractivity contribution in [2.75, 3.05) is 6.16 Å². The predicted molar refractivity (Wildman–Crippen MR) is 118 cm³/mol. The molecule has 5 rings (SSSR count). The van der Waals surface area contributed by atoms with E-state index in [-0.39, 0.29) is 12.1 Å². The van der Waals surface area contributed by atoms with Gasteiger partial charge in [0.15, 0.2) is 0 Å². The number of benzene rings is 3. The molecule has 2 N–H and O–H groups in total. The maximum atomic E-state index is 11.1. The molecule has 0 aromatic heterocycles. The van der Waals surface area contributed by atoms with Crippen molar-refractivity contribution < 1.29 is 14.4 Å². The highest BCUT2D eigenvalue weighted by atomic mass is 31.2. The number of para-hydroxylation sites is 1. The first-order valence-corrected chi connectivity index (χ1v) is 11.8. The van der Waals surface area contributed by atoms with Crippen LogP contribution in [0.15, 0.2) is 59.6 Å². The topological polar surface area (TPSA) is 69.9 Å². The molecule has 1 atom stereocenters. The van der Waals surface area contributed by atoms with Gasteiger partial charge in [0.1, 0.15) is 0 Å². The highest BCUT2D eigenvalue weighted by molar-refractivity contribution is 7.51. The van der Waals surface area contributed by atoms with Gasteiger partial charge in [-0.3, -0.25) is 4.57 Å². The Morgan fingerprint density at radius 2 is 1.72 bits per heavy atom. The summed E-state index contributed by atoms with van der Waals surface area (Å²) in [5.41, 5.74) is 4.62. The van der Waals surface area contributed by atoms with Crippen LogP contribution in [0.25, 0.3) is 34.1 Å². The molecular weight excluding hydrogens is 381 g/mol. The van der Waals surface area contributed by atoms with Gasteiger partial charge in [0.2, 0.25) is 0 Å². The van der Waals surface area contributed by atoms with Gasteiger partial charge in [0.05, 0.1) is 11.0 Å². The summed E-state index contributed by atoms with van der Waals surface area (Å²) >= 11 is 0. The third-order valence-corrected chi connectivity index (χ3v) is 6.70. The molecule has 146 valence electrons. The van der Waals surface area contributed by atoms with Crippen LogP contribution < -0.4 is 10.6 Å². The summed E-state index contributed by atoms with van der Waals surface area (Å²) in [5.74, 6) is 0.253. The van der Waals surface area contributed by atoms with Crippen LogP contribution in [0.4, 0.5) is 5.69 Å². The van der Waals surface area contributed by atoms with Crippen molar-refractivity contribution in [2.45, 2.75) is 19.3 Å². The summed E-state index contributed by atoms with van der Waals surface area (Å²) in [4.78, 5) is 23.1. The minimum atomic E-state index is -3.90. The van der Waals surface area contributed by atoms with Crippen molar-refractivity contribution in [3.05, 3.63) is 70.7 Å². The van der Waals surface area contributed by atoms with Gasteiger partial charge in [-0.2, -0.15) is 0 Å². The number of unbranched alkanes of at least 4 members (excludes halogenated alkanes) is 1. The normalized spacial score (nSPS) is 16.7. The minimum Gasteiger partial charge on any atom is -0.324 e. The zero-order valence-electron chi connectivity index (χ0n) is 16.0. The summed E-state index contributed by atoms with van der Waals surface area (Å²) in [6, 6.07) is 16.8. The van der Waals surface area contributed by atoms with E-state index in [1.54, 1.807) is 0 Å². The van der Waals surface area contributed by atoms with Gasteiger partial charge in [-0.25, -0.2) is 4.99 Å². The van der Waals surface area contributed by atoms with Gasteiger partial charge in [-0.05, 0) is 41.2 Å². The molecule has 1 aliphatic carbocycles. The molecule has 3 aromatic carbocycles. The van der Waals surface area contributed by atoms with E-state index in [4.69, 9.17) is 14.8 Å². The molecule has 4 nitrogen and oxygen atoms in total. The van der Waals surface area contributed by atoms with E-state index in [1.165, 1.54) is 32.7 Å². The zero-order valence-corrected chi connectivity index (χ0v) is 16.8. The minimum absolute atomic E-state index is 0.0370. The lowest BCUT2D eigenvalue weighted by Crippen LogP contribution is -2.31. The summed E-state index contributed by atoms with van der Waals surface area (Å²) in [5, 5.41) is 4.69. The number of fused-ring (bicyclic) bond motifs is 8. The van der Waals surface area contributed by atoms with Crippen molar-refractivity contribution in [1.82, 2.24) is 0 Å². The van der Waals surface area contributed by atoms with E-state index >= 15 is 0 Å². The number of nitrogens with zero attached hydrogens (tertiary/aromatic N) is 1. The average molecular weight is 403 g/mol. The molecule has 2 aliphatic rings. The predicted octanol–water partition coefficient (Wildman–Crippen LogP) is 4.54. The van der Waals surface area contributed by atoms with Gasteiger partial charge in [-0.1, -0.05) is 67.1 Å². The van der Waals surface area contributed by atoms with Crippen LogP contribution in [0, 0.1) is 5.92 Å². The van der Waals surface area contributed by atoms with Crippen LogP contribution in [0.5, 0.6) is 0 Å². The Morgan fingerprint density at radius 1 is 0.966 bits per heavy atom. The molecule has 0 spiro atoms. The van der Waals surface area contributed by atoms with Crippen molar-refractivity contribution in [2.24, 2.45) is 10.9 Å². The average Bonchev–Trinajstić information content (AvgIpc) is 3.11. The maximum Gasteiger partial charge on any atom is 0.325 e. The van der Waals surface area contributed by atoms with E-state index in [2.05, 4.69) is 60.7 Å². The maximum absolute atomic E-state index is 11.1. The monoisotopic (exact) mass is 403 g/mol. The Hall–Kier alpha value is -2.52. The lowest BCUT2D eigenvalue weighted by atomic mass is 9.88. The van der Waals surface area contributed by atoms with Crippen LogP contribution in [0.2, 0.25) is 0 Å². The summed E-state index contributed by atoms with van der Waals surface area (Å²) in [6.07, 6.45) is 8.87. The highest BCUT2D eigenvalue weighted by Gasteiger charge is 2.21. The number of rotatable bonds is 5. The highest BCUT2D eigenvalue weighted by Crippen LogP contribution is 2.38. The number of hydrogen-bond acceptors (Lipinski definition) is 2. The molecule has 0 saturated heterocycles. The Labute approximate surface area is 169 Å². The van der Waals surface area contributed by atoms with Crippen LogP contribution >= 0.6 is 7.60 Å². The fourth-order valence-corrected chi connectivity index (χ4v) is 5.11. The summed E-state index contributed by atoms with van der Waals surface area (Å²) in [6.45, 7) is 0. The Kier molecular flexibility index (Phi) is 4.51. The Bertz CT molecular complexity index is 1320. The molecular formula is C24H22NO3P. The SMILES string of the molecule is O=P(O)(O)CCCCC1C=Cc2c(c3c(c4ccccc24)-c2ccccc2N=3)=C1. The van der Waals surface area contributed by atoms with Crippen LogP contribution in [0.3, 0.4) is 0 Å².